The van der Waals surface area contributed by atoms with Crippen LogP contribution in [0.4, 0.5) is 0 Å². The number of hydrogen-bond acceptors (Lipinski definition) is 4. The molecule has 5 nitrogen and oxygen atoms in total. The number of nitrogens with one attached hydrogen (secondary N) is 1. The Labute approximate surface area is 125 Å². The molecule has 21 heavy (non-hydrogen) atoms. The van der Waals surface area contributed by atoms with Gasteiger partial charge >= 0.3 is 5.97 Å². The summed E-state index contributed by atoms with van der Waals surface area (Å²) in [6.07, 6.45) is 1.89. The van der Waals surface area contributed by atoms with Gasteiger partial charge in [0.1, 0.15) is 11.3 Å². The highest BCUT2D eigenvalue weighted by molar-refractivity contribution is 5.87. The zero-order valence-electron chi connectivity index (χ0n) is 12.8. The molecule has 0 aliphatic rings. The second kappa shape index (κ2) is 7.67. The van der Waals surface area contributed by atoms with Gasteiger partial charge in [-0.2, -0.15) is 0 Å². The molecule has 0 bridgehead atoms. The molecule has 0 saturated carbocycles. The van der Waals surface area contributed by atoms with Crippen LogP contribution in [0.5, 0.6) is 5.75 Å². The Morgan fingerprint density at radius 1 is 1.33 bits per heavy atom. The first-order valence-corrected chi connectivity index (χ1v) is 7.09. The first kappa shape index (κ1) is 17.0. The number of aromatic hydroxyl groups is 1. The molecular weight excluding hydrogens is 270 g/mol. The quantitative estimate of drug-likeness (QED) is 0.755. The van der Waals surface area contributed by atoms with Gasteiger partial charge in [-0.05, 0) is 31.4 Å². The lowest BCUT2D eigenvalue weighted by atomic mass is 9.95. The van der Waals surface area contributed by atoms with Crippen molar-refractivity contribution in [1.82, 2.24) is 5.32 Å². The minimum atomic E-state index is -1.00. The standard InChI is InChI=1S/C16H23NO4/c1-4-11-16(2,15(20)21-3)17-14(19)10-9-12-7-5-6-8-13(12)18/h5-8,18H,4,9-11H2,1-3H3,(H,17,19). The summed E-state index contributed by atoms with van der Waals surface area (Å²) in [5.74, 6) is -0.505. The Morgan fingerprint density at radius 3 is 2.57 bits per heavy atom. The van der Waals surface area contributed by atoms with Crippen molar-refractivity contribution in [1.29, 1.82) is 0 Å². The van der Waals surface area contributed by atoms with E-state index in [1.807, 2.05) is 13.0 Å². The normalized spacial score (nSPS) is 13.3. The molecule has 0 radical (unpaired) electrons. The van der Waals surface area contributed by atoms with Crippen LogP contribution in [0, 0.1) is 0 Å². The van der Waals surface area contributed by atoms with Gasteiger partial charge in [-0.25, -0.2) is 4.79 Å². The summed E-state index contributed by atoms with van der Waals surface area (Å²) in [5.41, 5.74) is -0.290. The topological polar surface area (TPSA) is 75.6 Å². The van der Waals surface area contributed by atoms with Crippen molar-refractivity contribution < 1.29 is 19.4 Å². The zero-order chi connectivity index (χ0) is 15.9. The van der Waals surface area contributed by atoms with Gasteiger partial charge in [0.05, 0.1) is 7.11 Å². The number of phenolic OH excluding ortho intramolecular Hbond substituents is 1. The molecule has 0 aromatic heterocycles. The van der Waals surface area contributed by atoms with Crippen LogP contribution in [0.15, 0.2) is 24.3 Å². The molecule has 0 saturated heterocycles. The zero-order valence-corrected chi connectivity index (χ0v) is 12.8. The van der Waals surface area contributed by atoms with E-state index >= 15 is 0 Å². The first-order chi connectivity index (χ1) is 9.92. The summed E-state index contributed by atoms with van der Waals surface area (Å²) in [5, 5.41) is 12.4. The summed E-state index contributed by atoms with van der Waals surface area (Å²) >= 11 is 0. The summed E-state index contributed by atoms with van der Waals surface area (Å²) in [6, 6.07) is 6.90. The Morgan fingerprint density at radius 2 is 2.00 bits per heavy atom. The van der Waals surface area contributed by atoms with Gasteiger partial charge in [0, 0.05) is 6.42 Å². The second-order valence-corrected chi connectivity index (χ2v) is 5.25. The van der Waals surface area contributed by atoms with Crippen LogP contribution < -0.4 is 5.32 Å². The molecular formula is C16H23NO4. The van der Waals surface area contributed by atoms with Gasteiger partial charge < -0.3 is 15.2 Å². The maximum atomic E-state index is 12.0. The lowest BCUT2D eigenvalue weighted by Crippen LogP contribution is -2.52. The maximum Gasteiger partial charge on any atom is 0.331 e. The van der Waals surface area contributed by atoms with E-state index in [1.54, 1.807) is 25.1 Å². The van der Waals surface area contributed by atoms with E-state index in [4.69, 9.17) is 4.74 Å². The fourth-order valence-corrected chi connectivity index (χ4v) is 2.28. The summed E-state index contributed by atoms with van der Waals surface area (Å²) in [4.78, 5) is 23.8. The van der Waals surface area contributed by atoms with Crippen LogP contribution >= 0.6 is 0 Å². The summed E-state index contributed by atoms with van der Waals surface area (Å²) in [7, 11) is 1.31. The third-order valence-electron chi connectivity index (χ3n) is 3.41. The monoisotopic (exact) mass is 293 g/mol. The Bertz CT molecular complexity index is 501. The molecule has 1 amide bonds. The van der Waals surface area contributed by atoms with Crippen LogP contribution in [0.2, 0.25) is 0 Å². The minimum Gasteiger partial charge on any atom is -0.508 e. The number of hydrogen-bond donors (Lipinski definition) is 2. The number of carbonyl (C=O) groups is 2. The lowest BCUT2D eigenvalue weighted by Gasteiger charge is -2.27. The highest BCUT2D eigenvalue weighted by Crippen LogP contribution is 2.18. The molecule has 5 heteroatoms. The van der Waals surface area contributed by atoms with E-state index in [0.29, 0.717) is 18.4 Å². The highest BCUT2D eigenvalue weighted by Gasteiger charge is 2.34. The number of benzene rings is 1. The summed E-state index contributed by atoms with van der Waals surface area (Å²) < 4.78 is 4.76. The van der Waals surface area contributed by atoms with Crippen LogP contribution in [-0.4, -0.2) is 29.6 Å². The van der Waals surface area contributed by atoms with Crippen molar-refractivity contribution in [2.45, 2.75) is 45.1 Å². The van der Waals surface area contributed by atoms with Gasteiger partial charge in [-0.1, -0.05) is 31.5 Å². The highest BCUT2D eigenvalue weighted by atomic mass is 16.5. The van der Waals surface area contributed by atoms with Crippen LogP contribution in [0.1, 0.15) is 38.7 Å². The predicted molar refractivity (Wildman–Crippen MR) is 79.9 cm³/mol. The smallest absolute Gasteiger partial charge is 0.331 e. The number of aryl methyl sites for hydroxylation is 1. The fraction of sp³-hybridized carbons (Fsp3) is 0.500. The molecule has 1 rings (SSSR count). The lowest BCUT2D eigenvalue weighted by molar-refractivity contribution is -0.150. The van der Waals surface area contributed by atoms with Gasteiger partial charge in [0.25, 0.3) is 0 Å². The van der Waals surface area contributed by atoms with Gasteiger partial charge in [0.15, 0.2) is 0 Å². The molecule has 0 aliphatic heterocycles. The molecule has 0 spiro atoms. The van der Waals surface area contributed by atoms with Gasteiger partial charge in [0.2, 0.25) is 5.91 Å². The van der Waals surface area contributed by atoms with Crippen LogP contribution in [0.3, 0.4) is 0 Å². The van der Waals surface area contributed by atoms with Crippen molar-refractivity contribution in [2.24, 2.45) is 0 Å². The minimum absolute atomic E-state index is 0.176. The number of phenols is 1. The SMILES string of the molecule is CCCC(C)(NC(=O)CCc1ccccc1O)C(=O)OC. The number of carbonyl (C=O) groups excluding carboxylic acids is 2. The van der Waals surface area contributed by atoms with E-state index in [0.717, 1.165) is 6.42 Å². The van der Waals surface area contributed by atoms with E-state index < -0.39 is 11.5 Å². The van der Waals surface area contributed by atoms with Gasteiger partial charge in [-0.15, -0.1) is 0 Å². The number of esters is 1. The van der Waals surface area contributed by atoms with E-state index in [2.05, 4.69) is 5.32 Å². The molecule has 1 aromatic carbocycles. The number of rotatable bonds is 7. The van der Waals surface area contributed by atoms with Crippen molar-refractivity contribution in [3.63, 3.8) is 0 Å². The molecule has 1 atom stereocenters. The molecule has 0 heterocycles. The third kappa shape index (κ3) is 4.77. The van der Waals surface area contributed by atoms with Crippen molar-refractivity contribution >= 4 is 11.9 Å². The van der Waals surface area contributed by atoms with Crippen molar-refractivity contribution in [3.05, 3.63) is 29.8 Å². The predicted octanol–water partition coefficient (Wildman–Crippen LogP) is 2.17. The number of amides is 1. The molecule has 0 fully saturated rings. The Hall–Kier alpha value is -2.04. The second-order valence-electron chi connectivity index (χ2n) is 5.25. The van der Waals surface area contributed by atoms with Crippen LogP contribution in [-0.2, 0) is 20.7 Å². The van der Waals surface area contributed by atoms with Crippen LogP contribution in [0.25, 0.3) is 0 Å². The van der Waals surface area contributed by atoms with Gasteiger partial charge in [-0.3, -0.25) is 4.79 Å². The molecule has 1 unspecified atom stereocenters. The van der Waals surface area contributed by atoms with Crippen molar-refractivity contribution in [2.75, 3.05) is 7.11 Å². The molecule has 2 N–H and O–H groups in total. The Kier molecular flexibility index (Phi) is 6.21. The number of para-hydroxylation sites is 1. The number of ether oxygens (including phenoxy) is 1. The first-order valence-electron chi connectivity index (χ1n) is 7.09. The molecule has 1 aromatic rings. The largest absolute Gasteiger partial charge is 0.508 e. The van der Waals surface area contributed by atoms with Crippen molar-refractivity contribution in [3.8, 4) is 5.75 Å². The van der Waals surface area contributed by atoms with E-state index in [-0.39, 0.29) is 18.1 Å². The average molecular weight is 293 g/mol. The molecule has 116 valence electrons. The van der Waals surface area contributed by atoms with E-state index in [1.165, 1.54) is 7.11 Å². The average Bonchev–Trinajstić information content (AvgIpc) is 2.45. The molecule has 0 aliphatic carbocycles. The maximum absolute atomic E-state index is 12.0. The summed E-state index contributed by atoms with van der Waals surface area (Å²) in [6.45, 7) is 3.61. The van der Waals surface area contributed by atoms with E-state index in [9.17, 15) is 14.7 Å². The third-order valence-corrected chi connectivity index (χ3v) is 3.41. The Balaban J connectivity index is 2.63. The number of methoxy groups -OCH3 is 1. The fourth-order valence-electron chi connectivity index (χ4n) is 2.28.